The standard InChI is InChI=1S/C25H25ClN4O4/c1-14-24(20-8-7-19(34-3)11-21(20)26)30(25(32)33)23-10-16(4-9-22(23)29(14)15(2)31)17-12-27-28(13-17)18-5-6-18/h4,7-14,18,24H,5-6H2,1-3H3,(H,32,33)/t14-,24?/m0/s1. The number of carbonyl (C=O) groups excluding carboxylic acids is 1. The lowest BCUT2D eigenvalue weighted by Gasteiger charge is -2.46. The maximum absolute atomic E-state index is 12.7. The number of anilines is 2. The molecule has 2 atom stereocenters. The Morgan fingerprint density at radius 3 is 2.47 bits per heavy atom. The highest BCUT2D eigenvalue weighted by atomic mass is 35.5. The highest BCUT2D eigenvalue weighted by molar-refractivity contribution is 6.31. The van der Waals surface area contributed by atoms with Crippen LogP contribution >= 0.6 is 11.6 Å². The number of aromatic nitrogens is 2. The molecule has 0 saturated heterocycles. The number of amides is 2. The molecule has 1 unspecified atom stereocenters. The van der Waals surface area contributed by atoms with Gasteiger partial charge in [0.2, 0.25) is 5.91 Å². The SMILES string of the molecule is COc1ccc(C2[C@H](C)N(C(C)=O)c3ccc(-c4cnn(C5CC5)c4)cc3N2C(=O)O)c(Cl)c1. The summed E-state index contributed by atoms with van der Waals surface area (Å²) in [6, 6.07) is 9.90. The number of hydrogen-bond acceptors (Lipinski definition) is 4. The second-order valence-corrected chi connectivity index (χ2v) is 9.17. The molecular formula is C25H25ClN4O4. The van der Waals surface area contributed by atoms with Crippen molar-refractivity contribution in [3.8, 4) is 16.9 Å². The van der Waals surface area contributed by atoms with Gasteiger partial charge in [0.05, 0.1) is 42.8 Å². The van der Waals surface area contributed by atoms with Gasteiger partial charge in [0.15, 0.2) is 0 Å². The third kappa shape index (κ3) is 3.68. The van der Waals surface area contributed by atoms with Crippen molar-refractivity contribution in [3.05, 3.63) is 59.4 Å². The first-order chi connectivity index (χ1) is 16.3. The first kappa shape index (κ1) is 22.3. The number of methoxy groups -OCH3 is 1. The Hall–Kier alpha value is -3.52. The van der Waals surface area contributed by atoms with Gasteiger partial charge in [-0.1, -0.05) is 23.7 Å². The molecule has 1 fully saturated rings. The third-order valence-electron chi connectivity index (χ3n) is 6.56. The van der Waals surface area contributed by atoms with Crippen LogP contribution in [0.4, 0.5) is 16.2 Å². The monoisotopic (exact) mass is 480 g/mol. The van der Waals surface area contributed by atoms with Gasteiger partial charge in [0.1, 0.15) is 5.75 Å². The molecule has 0 spiro atoms. The van der Waals surface area contributed by atoms with E-state index < -0.39 is 18.2 Å². The van der Waals surface area contributed by atoms with Crippen molar-refractivity contribution in [1.82, 2.24) is 9.78 Å². The Morgan fingerprint density at radius 2 is 1.85 bits per heavy atom. The van der Waals surface area contributed by atoms with Crippen molar-refractivity contribution in [2.45, 2.75) is 44.8 Å². The first-order valence-electron chi connectivity index (χ1n) is 11.1. The van der Waals surface area contributed by atoms with Crippen LogP contribution in [-0.4, -0.2) is 40.0 Å². The first-order valence-corrected chi connectivity index (χ1v) is 11.5. The van der Waals surface area contributed by atoms with Gasteiger partial charge in [-0.3, -0.25) is 14.4 Å². The number of carbonyl (C=O) groups is 2. The largest absolute Gasteiger partial charge is 0.497 e. The summed E-state index contributed by atoms with van der Waals surface area (Å²) in [5, 5.41) is 15.2. The molecule has 2 amide bonds. The number of benzene rings is 2. The Bertz CT molecular complexity index is 1290. The van der Waals surface area contributed by atoms with E-state index in [2.05, 4.69) is 5.10 Å². The van der Waals surface area contributed by atoms with Crippen LogP contribution in [0.1, 0.15) is 44.3 Å². The van der Waals surface area contributed by atoms with E-state index in [0.717, 1.165) is 24.0 Å². The molecule has 34 heavy (non-hydrogen) atoms. The molecule has 3 aromatic rings. The fraction of sp³-hybridized carbons (Fsp3) is 0.320. The van der Waals surface area contributed by atoms with Crippen molar-refractivity contribution >= 4 is 35.0 Å². The number of rotatable bonds is 4. The Morgan fingerprint density at radius 1 is 1.09 bits per heavy atom. The topological polar surface area (TPSA) is 87.9 Å². The van der Waals surface area contributed by atoms with Gasteiger partial charge in [-0.05, 0) is 55.2 Å². The number of carboxylic acid groups (broad SMARTS) is 1. The van der Waals surface area contributed by atoms with Gasteiger partial charge in [-0.15, -0.1) is 0 Å². The average Bonchev–Trinajstić information content (AvgIpc) is 3.54. The predicted octanol–water partition coefficient (Wildman–Crippen LogP) is 5.53. The van der Waals surface area contributed by atoms with Crippen LogP contribution in [0, 0.1) is 0 Å². The fourth-order valence-corrected chi connectivity index (χ4v) is 5.09. The normalized spacial score (nSPS) is 19.6. The molecule has 1 N–H and O–H groups in total. The molecule has 2 heterocycles. The molecule has 5 rings (SSSR count). The lowest BCUT2D eigenvalue weighted by molar-refractivity contribution is -0.117. The molecule has 2 aliphatic rings. The summed E-state index contributed by atoms with van der Waals surface area (Å²) in [4.78, 5) is 28.3. The van der Waals surface area contributed by atoms with E-state index in [9.17, 15) is 14.7 Å². The van der Waals surface area contributed by atoms with Crippen LogP contribution in [0.15, 0.2) is 48.8 Å². The predicted molar refractivity (Wildman–Crippen MR) is 130 cm³/mol. The van der Waals surface area contributed by atoms with Crippen LogP contribution in [-0.2, 0) is 4.79 Å². The highest BCUT2D eigenvalue weighted by Gasteiger charge is 2.43. The quantitative estimate of drug-likeness (QED) is 0.530. The van der Waals surface area contributed by atoms with Crippen LogP contribution in [0.3, 0.4) is 0 Å². The zero-order chi connectivity index (χ0) is 24.1. The number of ether oxygens (including phenoxy) is 1. The van der Waals surface area contributed by atoms with Gasteiger partial charge >= 0.3 is 6.09 Å². The summed E-state index contributed by atoms with van der Waals surface area (Å²) >= 11 is 6.58. The van der Waals surface area contributed by atoms with E-state index in [4.69, 9.17) is 16.3 Å². The van der Waals surface area contributed by atoms with Crippen molar-refractivity contribution in [2.75, 3.05) is 16.9 Å². The molecule has 1 aliphatic heterocycles. The lowest BCUT2D eigenvalue weighted by atomic mass is 9.92. The molecule has 176 valence electrons. The maximum Gasteiger partial charge on any atom is 0.412 e. The van der Waals surface area contributed by atoms with Gasteiger partial charge < -0.3 is 14.7 Å². The van der Waals surface area contributed by atoms with E-state index >= 15 is 0 Å². The smallest absolute Gasteiger partial charge is 0.412 e. The van der Waals surface area contributed by atoms with E-state index in [1.165, 1.54) is 11.8 Å². The summed E-state index contributed by atoms with van der Waals surface area (Å²) in [6.07, 6.45) is 4.88. The molecule has 8 nitrogen and oxygen atoms in total. The zero-order valence-corrected chi connectivity index (χ0v) is 19.9. The molecule has 9 heteroatoms. The molecule has 1 aromatic heterocycles. The van der Waals surface area contributed by atoms with Gasteiger partial charge in [-0.2, -0.15) is 5.10 Å². The summed E-state index contributed by atoms with van der Waals surface area (Å²) in [7, 11) is 1.54. The molecule has 0 radical (unpaired) electrons. The lowest BCUT2D eigenvalue weighted by Crippen LogP contribution is -2.53. The van der Waals surface area contributed by atoms with Crippen LogP contribution in [0.5, 0.6) is 5.75 Å². The van der Waals surface area contributed by atoms with Crippen molar-refractivity contribution < 1.29 is 19.4 Å². The number of nitrogens with zero attached hydrogens (tertiary/aromatic N) is 4. The van der Waals surface area contributed by atoms with E-state index in [-0.39, 0.29) is 5.91 Å². The van der Waals surface area contributed by atoms with Gasteiger partial charge in [0.25, 0.3) is 0 Å². The Balaban J connectivity index is 1.66. The summed E-state index contributed by atoms with van der Waals surface area (Å²) < 4.78 is 7.21. The zero-order valence-electron chi connectivity index (χ0n) is 19.1. The second-order valence-electron chi connectivity index (χ2n) is 8.76. The molecular weight excluding hydrogens is 456 g/mol. The fourth-order valence-electron chi connectivity index (χ4n) is 4.80. The third-order valence-corrected chi connectivity index (χ3v) is 6.89. The van der Waals surface area contributed by atoms with Crippen LogP contribution < -0.4 is 14.5 Å². The van der Waals surface area contributed by atoms with Crippen molar-refractivity contribution in [3.63, 3.8) is 0 Å². The van der Waals surface area contributed by atoms with Crippen LogP contribution in [0.2, 0.25) is 5.02 Å². The Kier molecular flexibility index (Phi) is 5.48. The van der Waals surface area contributed by atoms with Gasteiger partial charge in [0, 0.05) is 23.7 Å². The number of hydrogen-bond donors (Lipinski definition) is 1. The van der Waals surface area contributed by atoms with Crippen LogP contribution in [0.25, 0.3) is 11.1 Å². The molecule has 1 aliphatic carbocycles. The minimum atomic E-state index is -1.13. The van der Waals surface area contributed by atoms with Crippen molar-refractivity contribution in [1.29, 1.82) is 0 Å². The van der Waals surface area contributed by atoms with E-state index in [1.807, 2.05) is 29.9 Å². The molecule has 1 saturated carbocycles. The van der Waals surface area contributed by atoms with Crippen molar-refractivity contribution in [2.24, 2.45) is 0 Å². The highest BCUT2D eigenvalue weighted by Crippen LogP contribution is 2.48. The minimum absolute atomic E-state index is 0.178. The number of fused-ring (bicyclic) bond motifs is 1. The minimum Gasteiger partial charge on any atom is -0.497 e. The summed E-state index contributed by atoms with van der Waals surface area (Å²) in [6.45, 7) is 3.32. The Labute approximate surface area is 202 Å². The van der Waals surface area contributed by atoms with E-state index in [1.54, 1.807) is 42.5 Å². The second kappa shape index (κ2) is 8.36. The average molecular weight is 481 g/mol. The number of halogens is 1. The van der Waals surface area contributed by atoms with E-state index in [0.29, 0.717) is 33.8 Å². The summed E-state index contributed by atoms with van der Waals surface area (Å²) in [5.41, 5.74) is 3.29. The molecule has 0 bridgehead atoms. The molecule has 2 aromatic carbocycles. The van der Waals surface area contributed by atoms with Gasteiger partial charge in [-0.25, -0.2) is 4.79 Å². The maximum atomic E-state index is 12.7. The summed E-state index contributed by atoms with van der Waals surface area (Å²) in [5.74, 6) is 0.389.